The molecule has 0 radical (unpaired) electrons. The van der Waals surface area contributed by atoms with Crippen LogP contribution in [0.15, 0.2) is 23.1 Å². The first kappa shape index (κ1) is 16.5. The molecule has 122 valence electrons. The second-order valence-electron chi connectivity index (χ2n) is 6.02. The van der Waals surface area contributed by atoms with Crippen LogP contribution in [0.1, 0.15) is 25.7 Å². The van der Waals surface area contributed by atoms with Gasteiger partial charge in [-0.3, -0.25) is 0 Å². The summed E-state index contributed by atoms with van der Waals surface area (Å²) in [6.45, 7) is 2.18. The minimum atomic E-state index is -3.57. The Morgan fingerprint density at radius 2 is 1.86 bits per heavy atom. The number of halogens is 2. The van der Waals surface area contributed by atoms with Gasteiger partial charge in [-0.1, -0.05) is 23.2 Å². The van der Waals surface area contributed by atoms with Crippen molar-refractivity contribution in [3.63, 3.8) is 0 Å². The predicted molar refractivity (Wildman–Crippen MR) is 89.0 cm³/mol. The van der Waals surface area contributed by atoms with Crippen LogP contribution in [-0.2, 0) is 10.0 Å². The number of rotatable bonds is 3. The molecule has 2 aliphatic heterocycles. The third kappa shape index (κ3) is 3.29. The first-order chi connectivity index (χ1) is 10.5. The molecular formula is C15H20Cl2N2O2S. The standard InChI is InChI=1S/C15H20Cl2N2O2S/c16-12-3-4-13(17)15(10-12)22(20,21)19-8-5-11(6-9-19)14-2-1-7-18-14/h3-4,10-11,14,18H,1-2,5-9H2. The topological polar surface area (TPSA) is 49.4 Å². The Balaban J connectivity index is 1.73. The Kier molecular flexibility index (Phi) is 5.00. The maximum atomic E-state index is 12.8. The van der Waals surface area contributed by atoms with Crippen LogP contribution in [0.2, 0.25) is 10.0 Å². The van der Waals surface area contributed by atoms with Crippen molar-refractivity contribution in [2.75, 3.05) is 19.6 Å². The van der Waals surface area contributed by atoms with Crippen LogP contribution < -0.4 is 5.32 Å². The molecule has 1 atom stereocenters. The van der Waals surface area contributed by atoms with Crippen LogP contribution in [-0.4, -0.2) is 38.4 Å². The van der Waals surface area contributed by atoms with Crippen molar-refractivity contribution in [3.05, 3.63) is 28.2 Å². The molecule has 0 bridgehead atoms. The maximum Gasteiger partial charge on any atom is 0.244 e. The zero-order valence-electron chi connectivity index (χ0n) is 12.3. The molecule has 1 unspecified atom stereocenters. The molecule has 1 aromatic rings. The van der Waals surface area contributed by atoms with E-state index >= 15 is 0 Å². The largest absolute Gasteiger partial charge is 0.314 e. The lowest BCUT2D eigenvalue weighted by Gasteiger charge is -2.34. The summed E-state index contributed by atoms with van der Waals surface area (Å²) in [5.74, 6) is 0.573. The van der Waals surface area contributed by atoms with Crippen molar-refractivity contribution >= 4 is 33.2 Å². The van der Waals surface area contributed by atoms with Crippen molar-refractivity contribution in [2.45, 2.75) is 36.6 Å². The van der Waals surface area contributed by atoms with Crippen molar-refractivity contribution < 1.29 is 8.42 Å². The summed E-state index contributed by atoms with van der Waals surface area (Å²) in [4.78, 5) is 0.110. The highest BCUT2D eigenvalue weighted by Gasteiger charge is 2.34. The van der Waals surface area contributed by atoms with Gasteiger partial charge in [-0.15, -0.1) is 0 Å². The van der Waals surface area contributed by atoms with E-state index in [1.54, 1.807) is 6.07 Å². The number of hydrogen-bond acceptors (Lipinski definition) is 3. The van der Waals surface area contributed by atoms with Crippen molar-refractivity contribution in [1.29, 1.82) is 0 Å². The van der Waals surface area contributed by atoms with Gasteiger partial charge < -0.3 is 5.32 Å². The highest BCUT2D eigenvalue weighted by molar-refractivity contribution is 7.89. The summed E-state index contributed by atoms with van der Waals surface area (Å²) >= 11 is 12.0. The Hall–Kier alpha value is -0.330. The molecule has 0 aromatic heterocycles. The fourth-order valence-corrected chi connectivity index (χ4v) is 5.65. The van der Waals surface area contributed by atoms with E-state index in [0.29, 0.717) is 30.1 Å². The van der Waals surface area contributed by atoms with Crippen LogP contribution in [0.4, 0.5) is 0 Å². The Labute approximate surface area is 141 Å². The molecule has 7 heteroatoms. The van der Waals surface area contributed by atoms with Gasteiger partial charge in [-0.25, -0.2) is 8.42 Å². The van der Waals surface area contributed by atoms with Gasteiger partial charge in [0, 0.05) is 24.2 Å². The van der Waals surface area contributed by atoms with Gasteiger partial charge in [0.15, 0.2) is 0 Å². The zero-order valence-corrected chi connectivity index (χ0v) is 14.6. The quantitative estimate of drug-likeness (QED) is 0.898. The molecule has 2 fully saturated rings. The molecule has 1 N–H and O–H groups in total. The monoisotopic (exact) mass is 362 g/mol. The highest BCUT2D eigenvalue weighted by Crippen LogP contribution is 2.32. The first-order valence-electron chi connectivity index (χ1n) is 7.67. The average molecular weight is 363 g/mol. The lowest BCUT2D eigenvalue weighted by atomic mass is 9.89. The molecule has 2 heterocycles. The SMILES string of the molecule is O=S(=O)(c1cc(Cl)ccc1Cl)N1CCC(C2CCCN2)CC1. The number of hydrogen-bond donors (Lipinski definition) is 1. The van der Waals surface area contributed by atoms with E-state index in [9.17, 15) is 8.42 Å². The van der Waals surface area contributed by atoms with Gasteiger partial charge in [0.2, 0.25) is 10.0 Å². The number of sulfonamides is 1. The van der Waals surface area contributed by atoms with E-state index in [1.807, 2.05) is 0 Å². The van der Waals surface area contributed by atoms with E-state index in [0.717, 1.165) is 19.4 Å². The number of nitrogens with zero attached hydrogens (tertiary/aromatic N) is 1. The van der Waals surface area contributed by atoms with Crippen LogP contribution >= 0.6 is 23.2 Å². The molecule has 1 aromatic carbocycles. The Morgan fingerprint density at radius 3 is 2.50 bits per heavy atom. The van der Waals surface area contributed by atoms with Gasteiger partial charge >= 0.3 is 0 Å². The highest BCUT2D eigenvalue weighted by atomic mass is 35.5. The van der Waals surface area contributed by atoms with Crippen molar-refractivity contribution in [2.24, 2.45) is 5.92 Å². The van der Waals surface area contributed by atoms with Crippen LogP contribution in [0.3, 0.4) is 0 Å². The predicted octanol–water partition coefficient (Wildman–Crippen LogP) is 3.15. The van der Waals surface area contributed by atoms with Gasteiger partial charge in [0.05, 0.1) is 5.02 Å². The maximum absolute atomic E-state index is 12.8. The average Bonchev–Trinajstić information content (AvgIpc) is 3.04. The molecule has 4 nitrogen and oxygen atoms in total. The van der Waals surface area contributed by atoms with Crippen LogP contribution in [0, 0.1) is 5.92 Å². The van der Waals surface area contributed by atoms with E-state index in [2.05, 4.69) is 5.32 Å². The molecule has 3 rings (SSSR count). The summed E-state index contributed by atoms with van der Waals surface area (Å²) in [7, 11) is -3.57. The lowest BCUT2D eigenvalue weighted by molar-refractivity contribution is 0.234. The molecule has 2 saturated heterocycles. The zero-order chi connectivity index (χ0) is 15.7. The van der Waals surface area contributed by atoms with Gasteiger partial charge in [-0.05, 0) is 56.3 Å². The fraction of sp³-hybridized carbons (Fsp3) is 0.600. The van der Waals surface area contributed by atoms with Crippen molar-refractivity contribution in [1.82, 2.24) is 9.62 Å². The summed E-state index contributed by atoms with van der Waals surface area (Å²) in [6.07, 6.45) is 4.23. The summed E-state index contributed by atoms with van der Waals surface area (Å²) in [5, 5.41) is 4.13. The second kappa shape index (κ2) is 6.65. The normalized spacial score (nSPS) is 24.7. The minimum absolute atomic E-state index is 0.110. The molecule has 0 aliphatic carbocycles. The van der Waals surface area contributed by atoms with Gasteiger partial charge in [0.25, 0.3) is 0 Å². The molecular weight excluding hydrogens is 343 g/mol. The fourth-order valence-electron chi connectivity index (χ4n) is 3.45. The third-order valence-electron chi connectivity index (χ3n) is 4.68. The minimum Gasteiger partial charge on any atom is -0.314 e. The Bertz CT molecular complexity index is 637. The van der Waals surface area contributed by atoms with Crippen LogP contribution in [0.5, 0.6) is 0 Å². The number of piperidine rings is 1. The second-order valence-corrected chi connectivity index (χ2v) is 8.77. The number of nitrogens with one attached hydrogen (secondary N) is 1. The first-order valence-corrected chi connectivity index (χ1v) is 9.86. The third-order valence-corrected chi connectivity index (χ3v) is 7.29. The smallest absolute Gasteiger partial charge is 0.244 e. The lowest BCUT2D eigenvalue weighted by Crippen LogP contribution is -2.43. The van der Waals surface area contributed by atoms with E-state index in [-0.39, 0.29) is 9.92 Å². The van der Waals surface area contributed by atoms with E-state index in [1.165, 1.54) is 29.3 Å². The Morgan fingerprint density at radius 1 is 1.14 bits per heavy atom. The van der Waals surface area contributed by atoms with Crippen molar-refractivity contribution in [3.8, 4) is 0 Å². The van der Waals surface area contributed by atoms with Crippen LogP contribution in [0.25, 0.3) is 0 Å². The molecule has 2 aliphatic rings. The molecule has 22 heavy (non-hydrogen) atoms. The van der Waals surface area contributed by atoms with Gasteiger partial charge in [-0.2, -0.15) is 4.31 Å². The summed E-state index contributed by atoms with van der Waals surface area (Å²) in [5.41, 5.74) is 0. The summed E-state index contributed by atoms with van der Waals surface area (Å²) in [6, 6.07) is 5.12. The molecule has 0 spiro atoms. The molecule has 0 amide bonds. The van der Waals surface area contributed by atoms with E-state index in [4.69, 9.17) is 23.2 Å². The number of benzene rings is 1. The van der Waals surface area contributed by atoms with E-state index < -0.39 is 10.0 Å². The van der Waals surface area contributed by atoms with Gasteiger partial charge in [0.1, 0.15) is 4.90 Å². The summed E-state index contributed by atoms with van der Waals surface area (Å²) < 4.78 is 27.0. The molecule has 0 saturated carbocycles.